The van der Waals surface area contributed by atoms with Crippen LogP contribution >= 0.6 is 0 Å². The normalized spacial score (nSPS) is 32.0. The minimum atomic E-state index is -0.954. The van der Waals surface area contributed by atoms with Gasteiger partial charge < -0.3 is 39.1 Å². The molecule has 10 heteroatoms. The number of amides is 2. The van der Waals surface area contributed by atoms with Crippen LogP contribution in [0.2, 0.25) is 0 Å². The van der Waals surface area contributed by atoms with Crippen LogP contribution in [0.4, 0.5) is 5.69 Å². The Bertz CT molecular complexity index is 856. The van der Waals surface area contributed by atoms with Crippen LogP contribution in [0.25, 0.3) is 0 Å². The first-order valence-electron chi connectivity index (χ1n) is 10.7. The summed E-state index contributed by atoms with van der Waals surface area (Å²) in [4.78, 5) is 25.1. The highest BCUT2D eigenvalue weighted by Crippen LogP contribution is 2.44. The van der Waals surface area contributed by atoms with Crippen LogP contribution in [0.15, 0.2) is 24.3 Å². The zero-order valence-electron chi connectivity index (χ0n) is 18.9. The van der Waals surface area contributed by atoms with Crippen LogP contribution in [0.3, 0.4) is 0 Å². The maximum absolute atomic E-state index is 12.9. The minimum absolute atomic E-state index is 0.0974. The van der Waals surface area contributed by atoms with Gasteiger partial charge in [-0.3, -0.25) is 9.59 Å². The van der Waals surface area contributed by atoms with Gasteiger partial charge in [-0.15, -0.1) is 0 Å². The zero-order chi connectivity index (χ0) is 23.1. The largest absolute Gasteiger partial charge is 0.497 e. The Morgan fingerprint density at radius 2 is 1.56 bits per heavy atom. The van der Waals surface area contributed by atoms with Gasteiger partial charge in [0.15, 0.2) is 24.0 Å². The highest BCUT2D eigenvalue weighted by Gasteiger charge is 2.62. The van der Waals surface area contributed by atoms with Gasteiger partial charge in [0.2, 0.25) is 5.91 Å². The van der Waals surface area contributed by atoms with Crippen molar-refractivity contribution in [3.8, 4) is 5.75 Å². The lowest BCUT2D eigenvalue weighted by Crippen LogP contribution is -2.59. The molecule has 1 aromatic carbocycles. The number of hydrogen-bond donors (Lipinski definition) is 2. The third-order valence-corrected chi connectivity index (χ3v) is 5.44. The zero-order valence-corrected chi connectivity index (χ0v) is 18.9. The van der Waals surface area contributed by atoms with Crippen LogP contribution in [0.5, 0.6) is 5.75 Å². The number of hydrogen-bond acceptors (Lipinski definition) is 8. The predicted octanol–water partition coefficient (Wildman–Crippen LogP) is 1.54. The third kappa shape index (κ3) is 4.89. The van der Waals surface area contributed by atoms with E-state index in [-0.39, 0.29) is 18.9 Å². The van der Waals surface area contributed by atoms with Crippen molar-refractivity contribution in [3.05, 3.63) is 24.3 Å². The Balaban J connectivity index is 1.32. The first kappa shape index (κ1) is 22.9. The van der Waals surface area contributed by atoms with Crippen LogP contribution in [0, 0.1) is 0 Å². The molecule has 0 saturated carbocycles. The molecule has 2 amide bonds. The lowest BCUT2D eigenvalue weighted by atomic mass is 9.98. The maximum Gasteiger partial charge on any atom is 0.252 e. The fourth-order valence-electron chi connectivity index (χ4n) is 4.12. The molecule has 10 nitrogen and oxygen atoms in total. The Morgan fingerprint density at radius 1 is 0.938 bits per heavy atom. The summed E-state index contributed by atoms with van der Waals surface area (Å²) in [6, 6.07) is 6.99. The molecule has 176 valence electrons. The summed E-state index contributed by atoms with van der Waals surface area (Å²) < 4.78 is 34.7. The molecule has 3 aliphatic heterocycles. The number of rotatable bonds is 6. The van der Waals surface area contributed by atoms with Gasteiger partial charge in [0.1, 0.15) is 24.1 Å². The van der Waals surface area contributed by atoms with Gasteiger partial charge in [0, 0.05) is 18.7 Å². The molecule has 3 heterocycles. The van der Waals surface area contributed by atoms with E-state index in [4.69, 9.17) is 28.4 Å². The molecular formula is C22H30N2O8. The van der Waals surface area contributed by atoms with Crippen molar-refractivity contribution < 1.29 is 38.0 Å². The molecule has 3 saturated heterocycles. The molecule has 2 N–H and O–H groups in total. The van der Waals surface area contributed by atoms with E-state index in [2.05, 4.69) is 10.6 Å². The molecule has 0 radical (unpaired) electrons. The summed E-state index contributed by atoms with van der Waals surface area (Å²) in [5.74, 6) is -1.68. The van der Waals surface area contributed by atoms with Gasteiger partial charge in [-0.25, -0.2) is 0 Å². The number of carbonyl (C=O) groups is 2. The van der Waals surface area contributed by atoms with E-state index in [0.29, 0.717) is 11.4 Å². The number of nitrogens with one attached hydrogen (secondary N) is 2. The molecule has 1 aromatic rings. The average molecular weight is 450 g/mol. The molecule has 32 heavy (non-hydrogen) atoms. The van der Waals surface area contributed by atoms with Crippen molar-refractivity contribution in [2.24, 2.45) is 0 Å². The second-order valence-corrected chi connectivity index (χ2v) is 8.91. The number of ether oxygens (including phenoxy) is 6. The number of benzene rings is 1. The topological polar surface area (TPSA) is 114 Å². The van der Waals surface area contributed by atoms with E-state index in [1.807, 2.05) is 0 Å². The number of carbonyl (C=O) groups excluding carboxylic acids is 2. The van der Waals surface area contributed by atoms with Crippen LogP contribution in [-0.2, 0) is 33.3 Å². The number of anilines is 1. The summed E-state index contributed by atoms with van der Waals surface area (Å²) >= 11 is 0. The molecule has 3 aliphatic rings. The first-order valence-corrected chi connectivity index (χ1v) is 10.7. The SMILES string of the molecule is COc1ccc(NC(=O)CCNC(=O)[C@@H]2O[C@H]3OC(C)(C)O[C@@H]3[C@H]3OC(C)(C)O[C@@H]32)cc1. The smallest absolute Gasteiger partial charge is 0.252 e. The van der Waals surface area contributed by atoms with Gasteiger partial charge in [-0.1, -0.05) is 0 Å². The summed E-state index contributed by atoms with van der Waals surface area (Å²) in [7, 11) is 1.57. The Morgan fingerprint density at radius 3 is 2.25 bits per heavy atom. The highest BCUT2D eigenvalue weighted by atomic mass is 16.9. The van der Waals surface area contributed by atoms with Gasteiger partial charge in [0.25, 0.3) is 5.91 Å². The second-order valence-electron chi connectivity index (χ2n) is 8.91. The molecule has 0 spiro atoms. The van der Waals surface area contributed by atoms with E-state index in [9.17, 15) is 9.59 Å². The molecule has 4 rings (SSSR count). The van der Waals surface area contributed by atoms with Crippen molar-refractivity contribution in [1.29, 1.82) is 0 Å². The second kappa shape index (κ2) is 8.60. The maximum atomic E-state index is 12.9. The van der Waals surface area contributed by atoms with Crippen molar-refractivity contribution in [2.45, 2.75) is 76.4 Å². The molecule has 3 fully saturated rings. The van der Waals surface area contributed by atoms with E-state index < -0.39 is 48.2 Å². The van der Waals surface area contributed by atoms with Crippen molar-refractivity contribution >= 4 is 17.5 Å². The lowest BCUT2D eigenvalue weighted by molar-refractivity contribution is -0.231. The lowest BCUT2D eigenvalue weighted by Gasteiger charge is -2.36. The van der Waals surface area contributed by atoms with Gasteiger partial charge in [-0.2, -0.15) is 0 Å². The molecule has 5 atom stereocenters. The van der Waals surface area contributed by atoms with Gasteiger partial charge in [0.05, 0.1) is 7.11 Å². The van der Waals surface area contributed by atoms with Gasteiger partial charge in [-0.05, 0) is 52.0 Å². The van der Waals surface area contributed by atoms with Crippen LogP contribution in [-0.4, -0.2) is 67.7 Å². The van der Waals surface area contributed by atoms with E-state index in [1.54, 1.807) is 59.1 Å². The first-order chi connectivity index (χ1) is 15.1. The molecule has 0 unspecified atom stereocenters. The predicted molar refractivity (Wildman–Crippen MR) is 112 cm³/mol. The van der Waals surface area contributed by atoms with Crippen LogP contribution in [0.1, 0.15) is 34.1 Å². The monoisotopic (exact) mass is 450 g/mol. The fourth-order valence-corrected chi connectivity index (χ4v) is 4.12. The van der Waals surface area contributed by atoms with Crippen LogP contribution < -0.4 is 15.4 Å². The molecule has 0 aromatic heterocycles. The Kier molecular flexibility index (Phi) is 6.17. The fraction of sp³-hybridized carbons (Fsp3) is 0.636. The minimum Gasteiger partial charge on any atom is -0.497 e. The quantitative estimate of drug-likeness (QED) is 0.671. The summed E-state index contributed by atoms with van der Waals surface area (Å²) in [5, 5.41) is 5.53. The van der Waals surface area contributed by atoms with Gasteiger partial charge >= 0.3 is 0 Å². The van der Waals surface area contributed by atoms with Crippen molar-refractivity contribution in [1.82, 2.24) is 5.32 Å². The van der Waals surface area contributed by atoms with E-state index in [1.165, 1.54) is 0 Å². The van der Waals surface area contributed by atoms with E-state index >= 15 is 0 Å². The summed E-state index contributed by atoms with van der Waals surface area (Å²) in [6.45, 7) is 7.25. The third-order valence-electron chi connectivity index (χ3n) is 5.44. The van der Waals surface area contributed by atoms with Crippen molar-refractivity contribution in [3.63, 3.8) is 0 Å². The highest BCUT2D eigenvalue weighted by molar-refractivity contribution is 5.91. The average Bonchev–Trinajstić information content (AvgIpc) is 3.21. The Hall–Kier alpha value is -2.24. The standard InChI is InChI=1S/C22H30N2O8/c1-21(2)29-15-16(30-21)18-20(32-22(3,4)31-18)28-17(15)19(26)23-11-10-14(25)24-12-6-8-13(27-5)9-7-12/h6-9,15-18,20H,10-11H2,1-5H3,(H,23,26)(H,24,25)/t15-,16-,17+,18+,20-/m0/s1. The molecular weight excluding hydrogens is 420 g/mol. The summed E-state index contributed by atoms with van der Waals surface area (Å²) in [6.07, 6.45) is -3.28. The number of fused-ring (bicyclic) bond motifs is 3. The molecule has 0 bridgehead atoms. The van der Waals surface area contributed by atoms with Crippen molar-refractivity contribution in [2.75, 3.05) is 19.0 Å². The van der Waals surface area contributed by atoms with E-state index in [0.717, 1.165) is 0 Å². The Labute approximate surface area is 186 Å². The summed E-state index contributed by atoms with van der Waals surface area (Å²) in [5.41, 5.74) is 0.645. The molecule has 0 aliphatic carbocycles. The number of methoxy groups -OCH3 is 1.